The number of carbonyl (C=O) groups is 1. The molecular weight excluding hydrogens is 287 g/mol. The van der Waals surface area contributed by atoms with Gasteiger partial charge in [0.25, 0.3) is 5.91 Å². The Morgan fingerprint density at radius 3 is 2.63 bits per heavy atom. The smallest absolute Gasteiger partial charge is 0.275 e. The molecule has 1 heterocycles. The fourth-order valence-corrected chi connectivity index (χ4v) is 1.63. The summed E-state index contributed by atoms with van der Waals surface area (Å²) in [6.45, 7) is 0. The highest BCUT2D eigenvalue weighted by molar-refractivity contribution is 6.34. The SMILES string of the molecule is N#Cc1ccc(NC(=O)c2cnc(Cl)cn2)c(Cl)c1. The molecule has 0 spiro atoms. The maximum atomic E-state index is 11.9. The Morgan fingerprint density at radius 2 is 2.05 bits per heavy atom. The molecule has 5 nitrogen and oxygen atoms in total. The van der Waals surface area contributed by atoms with Gasteiger partial charge in [0, 0.05) is 0 Å². The maximum absolute atomic E-state index is 11.9. The zero-order valence-corrected chi connectivity index (χ0v) is 10.9. The van der Waals surface area contributed by atoms with E-state index in [1.54, 1.807) is 12.1 Å². The van der Waals surface area contributed by atoms with Crippen molar-refractivity contribution < 1.29 is 4.79 Å². The molecule has 1 amide bonds. The van der Waals surface area contributed by atoms with Gasteiger partial charge in [-0.15, -0.1) is 0 Å². The van der Waals surface area contributed by atoms with E-state index < -0.39 is 5.91 Å². The minimum atomic E-state index is -0.462. The summed E-state index contributed by atoms with van der Waals surface area (Å²) in [5.74, 6) is -0.462. The first-order valence-corrected chi connectivity index (χ1v) is 5.84. The normalized spacial score (nSPS) is 9.74. The lowest BCUT2D eigenvalue weighted by molar-refractivity contribution is 0.102. The molecule has 0 bridgehead atoms. The average molecular weight is 293 g/mol. The number of nitriles is 1. The second-order valence-electron chi connectivity index (χ2n) is 3.48. The minimum absolute atomic E-state index is 0.116. The zero-order chi connectivity index (χ0) is 13.8. The zero-order valence-electron chi connectivity index (χ0n) is 9.39. The number of benzene rings is 1. The van der Waals surface area contributed by atoms with Gasteiger partial charge >= 0.3 is 0 Å². The van der Waals surface area contributed by atoms with E-state index >= 15 is 0 Å². The van der Waals surface area contributed by atoms with Crippen LogP contribution in [0.3, 0.4) is 0 Å². The quantitative estimate of drug-likeness (QED) is 0.923. The summed E-state index contributed by atoms with van der Waals surface area (Å²) < 4.78 is 0. The van der Waals surface area contributed by atoms with E-state index in [4.69, 9.17) is 28.5 Å². The van der Waals surface area contributed by atoms with Gasteiger partial charge in [-0.05, 0) is 18.2 Å². The second-order valence-corrected chi connectivity index (χ2v) is 4.28. The van der Waals surface area contributed by atoms with Crippen molar-refractivity contribution in [2.24, 2.45) is 0 Å². The molecule has 0 aliphatic rings. The van der Waals surface area contributed by atoms with Gasteiger partial charge in [-0.3, -0.25) is 4.79 Å². The number of aromatic nitrogens is 2. The predicted molar refractivity (Wildman–Crippen MR) is 71.2 cm³/mol. The lowest BCUT2D eigenvalue weighted by atomic mass is 10.2. The van der Waals surface area contributed by atoms with E-state index in [-0.39, 0.29) is 15.9 Å². The largest absolute Gasteiger partial charge is 0.319 e. The maximum Gasteiger partial charge on any atom is 0.275 e. The van der Waals surface area contributed by atoms with Crippen LogP contribution in [0.2, 0.25) is 10.2 Å². The van der Waals surface area contributed by atoms with Gasteiger partial charge in [-0.25, -0.2) is 9.97 Å². The van der Waals surface area contributed by atoms with Crippen LogP contribution >= 0.6 is 23.2 Å². The monoisotopic (exact) mass is 292 g/mol. The molecule has 0 atom stereocenters. The van der Waals surface area contributed by atoms with E-state index in [9.17, 15) is 4.79 Å². The minimum Gasteiger partial charge on any atom is -0.319 e. The Morgan fingerprint density at radius 1 is 1.26 bits per heavy atom. The number of carbonyl (C=O) groups excluding carboxylic acids is 1. The van der Waals surface area contributed by atoms with Crippen molar-refractivity contribution in [2.45, 2.75) is 0 Å². The van der Waals surface area contributed by atoms with Crippen LogP contribution < -0.4 is 5.32 Å². The number of nitrogens with one attached hydrogen (secondary N) is 1. The molecule has 7 heteroatoms. The Balaban J connectivity index is 2.20. The Kier molecular flexibility index (Phi) is 3.95. The summed E-state index contributed by atoms with van der Waals surface area (Å²) in [7, 11) is 0. The third kappa shape index (κ3) is 3.19. The molecule has 19 heavy (non-hydrogen) atoms. The molecule has 0 unspecified atom stereocenters. The van der Waals surface area contributed by atoms with Gasteiger partial charge in [0.1, 0.15) is 10.8 Å². The van der Waals surface area contributed by atoms with Crippen molar-refractivity contribution in [3.05, 3.63) is 52.0 Å². The van der Waals surface area contributed by atoms with Gasteiger partial charge in [0.05, 0.1) is 34.7 Å². The van der Waals surface area contributed by atoms with Gasteiger partial charge in [-0.1, -0.05) is 23.2 Å². The fourth-order valence-electron chi connectivity index (χ4n) is 1.30. The summed E-state index contributed by atoms with van der Waals surface area (Å²) in [4.78, 5) is 19.4. The second kappa shape index (κ2) is 5.65. The standard InChI is InChI=1S/C12H6Cl2N4O/c13-8-3-7(4-15)1-2-9(8)18-12(19)10-5-17-11(14)6-16-10/h1-3,5-6H,(H,18,19). The van der Waals surface area contributed by atoms with E-state index in [1.807, 2.05) is 6.07 Å². The first kappa shape index (κ1) is 13.3. The molecule has 1 aromatic carbocycles. The number of anilines is 1. The highest BCUT2D eigenvalue weighted by atomic mass is 35.5. The van der Waals surface area contributed by atoms with Crippen LogP contribution in [0.25, 0.3) is 0 Å². The highest BCUT2D eigenvalue weighted by Crippen LogP contribution is 2.23. The number of hydrogen-bond acceptors (Lipinski definition) is 4. The van der Waals surface area contributed by atoms with Crippen molar-refractivity contribution >= 4 is 34.8 Å². The van der Waals surface area contributed by atoms with E-state index in [0.717, 1.165) is 0 Å². The van der Waals surface area contributed by atoms with Gasteiger partial charge in [0.15, 0.2) is 0 Å². The summed E-state index contributed by atoms with van der Waals surface area (Å²) in [6, 6.07) is 6.51. The summed E-state index contributed by atoms with van der Waals surface area (Å²) in [5, 5.41) is 11.8. The van der Waals surface area contributed by atoms with Crippen molar-refractivity contribution in [3.8, 4) is 6.07 Å². The van der Waals surface area contributed by atoms with Crippen LogP contribution in [0.5, 0.6) is 0 Å². The van der Waals surface area contributed by atoms with Crippen LogP contribution in [0.4, 0.5) is 5.69 Å². The van der Waals surface area contributed by atoms with Crippen LogP contribution in [-0.2, 0) is 0 Å². The Hall–Kier alpha value is -2.16. The molecular formula is C12H6Cl2N4O. The van der Waals surface area contributed by atoms with Crippen LogP contribution in [0.15, 0.2) is 30.6 Å². The number of nitrogens with zero attached hydrogens (tertiary/aromatic N) is 3. The molecule has 2 aromatic rings. The number of rotatable bonds is 2. The predicted octanol–water partition coefficient (Wildman–Crippen LogP) is 2.91. The van der Waals surface area contributed by atoms with Crippen molar-refractivity contribution in [1.29, 1.82) is 5.26 Å². The number of amides is 1. The molecule has 0 aliphatic heterocycles. The molecule has 2 rings (SSSR count). The molecule has 0 radical (unpaired) electrons. The van der Waals surface area contributed by atoms with E-state index in [0.29, 0.717) is 11.3 Å². The third-order valence-corrected chi connectivity index (χ3v) is 2.71. The van der Waals surface area contributed by atoms with Gasteiger partial charge in [-0.2, -0.15) is 5.26 Å². The Bertz CT molecular complexity index is 664. The molecule has 0 saturated heterocycles. The topological polar surface area (TPSA) is 78.7 Å². The molecule has 1 aromatic heterocycles. The molecule has 0 aliphatic carbocycles. The lowest BCUT2D eigenvalue weighted by Gasteiger charge is -2.06. The van der Waals surface area contributed by atoms with Crippen LogP contribution in [0.1, 0.15) is 16.1 Å². The summed E-state index contributed by atoms with van der Waals surface area (Å²) >= 11 is 11.5. The first-order chi connectivity index (χ1) is 9.10. The fraction of sp³-hybridized carbons (Fsp3) is 0. The molecule has 1 N–H and O–H groups in total. The Labute approximate surface area is 118 Å². The lowest BCUT2D eigenvalue weighted by Crippen LogP contribution is -2.14. The van der Waals surface area contributed by atoms with Crippen molar-refractivity contribution in [2.75, 3.05) is 5.32 Å². The van der Waals surface area contributed by atoms with E-state index in [2.05, 4.69) is 15.3 Å². The van der Waals surface area contributed by atoms with Crippen LogP contribution in [-0.4, -0.2) is 15.9 Å². The van der Waals surface area contributed by atoms with Crippen molar-refractivity contribution in [3.63, 3.8) is 0 Å². The highest BCUT2D eigenvalue weighted by Gasteiger charge is 2.10. The van der Waals surface area contributed by atoms with E-state index in [1.165, 1.54) is 18.5 Å². The molecule has 0 fully saturated rings. The molecule has 94 valence electrons. The average Bonchev–Trinajstić information content (AvgIpc) is 2.41. The number of halogens is 2. The number of hydrogen-bond donors (Lipinski definition) is 1. The van der Waals surface area contributed by atoms with Crippen LogP contribution in [0, 0.1) is 11.3 Å². The third-order valence-electron chi connectivity index (χ3n) is 2.20. The summed E-state index contributed by atoms with van der Waals surface area (Å²) in [5.41, 5.74) is 0.918. The molecule has 0 saturated carbocycles. The first-order valence-electron chi connectivity index (χ1n) is 5.08. The van der Waals surface area contributed by atoms with Gasteiger partial charge < -0.3 is 5.32 Å². The van der Waals surface area contributed by atoms with Gasteiger partial charge in [0.2, 0.25) is 0 Å². The van der Waals surface area contributed by atoms with Crippen molar-refractivity contribution in [1.82, 2.24) is 9.97 Å². The summed E-state index contributed by atoms with van der Waals surface area (Å²) in [6.07, 6.45) is 2.53.